The highest BCUT2D eigenvalue weighted by Crippen LogP contribution is 2.30. The van der Waals surface area contributed by atoms with Crippen molar-refractivity contribution in [2.45, 2.75) is 32.2 Å². The van der Waals surface area contributed by atoms with Gasteiger partial charge in [-0.3, -0.25) is 0 Å². The lowest BCUT2D eigenvalue weighted by Gasteiger charge is -2.42. The van der Waals surface area contributed by atoms with Crippen LogP contribution in [-0.2, 0) is 0 Å². The summed E-state index contributed by atoms with van der Waals surface area (Å²) in [4.78, 5) is 4.85. The Labute approximate surface area is 116 Å². The van der Waals surface area contributed by atoms with Crippen LogP contribution in [0.4, 0.5) is 5.69 Å². The maximum Gasteiger partial charge on any atom is 0.0451 e. The Morgan fingerprint density at radius 3 is 2.68 bits per heavy atom. The summed E-state index contributed by atoms with van der Waals surface area (Å²) in [5, 5.41) is 9.30. The number of para-hydroxylation sites is 1. The predicted octanol–water partition coefficient (Wildman–Crippen LogP) is 2.31. The normalized spacial score (nSPS) is 21.1. The first-order valence-corrected chi connectivity index (χ1v) is 7.28. The van der Waals surface area contributed by atoms with Crippen LogP contribution in [0.15, 0.2) is 24.3 Å². The highest BCUT2D eigenvalue weighted by Gasteiger charge is 2.26. The molecule has 0 saturated carbocycles. The largest absolute Gasteiger partial charge is 0.396 e. The average molecular weight is 262 g/mol. The molecule has 0 bridgehead atoms. The zero-order chi connectivity index (χ0) is 13.8. The second-order valence-electron chi connectivity index (χ2n) is 5.84. The van der Waals surface area contributed by atoms with Gasteiger partial charge in [-0.2, -0.15) is 0 Å². The van der Waals surface area contributed by atoms with Crippen LogP contribution in [0.25, 0.3) is 0 Å². The molecule has 1 aromatic rings. The minimum Gasteiger partial charge on any atom is -0.396 e. The number of rotatable bonds is 4. The van der Waals surface area contributed by atoms with E-state index >= 15 is 0 Å². The fourth-order valence-electron chi connectivity index (χ4n) is 2.96. The fourth-order valence-corrected chi connectivity index (χ4v) is 2.96. The van der Waals surface area contributed by atoms with E-state index in [0.717, 1.165) is 26.1 Å². The molecule has 0 spiro atoms. The second kappa shape index (κ2) is 6.40. The van der Waals surface area contributed by atoms with Crippen LogP contribution in [0.5, 0.6) is 0 Å². The van der Waals surface area contributed by atoms with Gasteiger partial charge in [-0.25, -0.2) is 0 Å². The number of likely N-dealkylation sites (N-methyl/N-ethyl adjacent to an activating group) is 1. The molecule has 1 aliphatic heterocycles. The van der Waals surface area contributed by atoms with Gasteiger partial charge in [-0.15, -0.1) is 0 Å². The van der Waals surface area contributed by atoms with E-state index in [4.69, 9.17) is 0 Å². The van der Waals surface area contributed by atoms with Gasteiger partial charge in [0.25, 0.3) is 0 Å². The molecule has 19 heavy (non-hydrogen) atoms. The van der Waals surface area contributed by atoms with E-state index in [9.17, 15) is 5.11 Å². The minimum absolute atomic E-state index is 0.263. The second-order valence-corrected chi connectivity index (χ2v) is 5.84. The molecule has 1 heterocycles. The zero-order valence-electron chi connectivity index (χ0n) is 12.3. The summed E-state index contributed by atoms with van der Waals surface area (Å²) < 4.78 is 0. The van der Waals surface area contributed by atoms with Crippen molar-refractivity contribution in [2.24, 2.45) is 0 Å². The molecule has 1 unspecified atom stereocenters. The first kappa shape index (κ1) is 14.4. The van der Waals surface area contributed by atoms with Crippen LogP contribution in [0, 0.1) is 0 Å². The molecule has 0 aliphatic carbocycles. The van der Waals surface area contributed by atoms with Crippen molar-refractivity contribution in [3.8, 4) is 0 Å². The summed E-state index contributed by atoms with van der Waals surface area (Å²) in [6.07, 6.45) is 0.844. The first-order chi connectivity index (χ1) is 9.13. The summed E-state index contributed by atoms with van der Waals surface area (Å²) in [7, 11) is 2.16. The number of anilines is 1. The van der Waals surface area contributed by atoms with E-state index in [2.05, 4.69) is 55.0 Å². The maximum atomic E-state index is 9.30. The minimum atomic E-state index is 0.263. The summed E-state index contributed by atoms with van der Waals surface area (Å²) in [5.41, 5.74) is 2.76. The van der Waals surface area contributed by atoms with Gasteiger partial charge in [0.15, 0.2) is 0 Å². The van der Waals surface area contributed by atoms with Crippen molar-refractivity contribution in [3.05, 3.63) is 29.8 Å². The molecule has 0 amide bonds. The van der Waals surface area contributed by atoms with Gasteiger partial charge in [0.2, 0.25) is 0 Å². The first-order valence-electron chi connectivity index (χ1n) is 7.28. The number of benzene rings is 1. The van der Waals surface area contributed by atoms with Crippen molar-refractivity contribution in [1.29, 1.82) is 0 Å². The van der Waals surface area contributed by atoms with Crippen LogP contribution in [0.1, 0.15) is 31.7 Å². The molecule has 1 atom stereocenters. The average Bonchev–Trinajstić information content (AvgIpc) is 2.39. The molecule has 3 nitrogen and oxygen atoms in total. The van der Waals surface area contributed by atoms with Crippen molar-refractivity contribution < 1.29 is 5.11 Å². The summed E-state index contributed by atoms with van der Waals surface area (Å²) in [6, 6.07) is 9.12. The zero-order valence-corrected chi connectivity index (χ0v) is 12.3. The maximum absolute atomic E-state index is 9.30. The number of nitrogens with zero attached hydrogens (tertiary/aromatic N) is 2. The molecule has 1 aliphatic rings. The van der Waals surface area contributed by atoms with Crippen LogP contribution >= 0.6 is 0 Å². The Bertz CT molecular complexity index is 405. The van der Waals surface area contributed by atoms with E-state index in [1.165, 1.54) is 11.3 Å². The molecular formula is C16H26N2O. The van der Waals surface area contributed by atoms with Crippen molar-refractivity contribution in [2.75, 3.05) is 38.2 Å². The van der Waals surface area contributed by atoms with Gasteiger partial charge < -0.3 is 14.9 Å². The Hall–Kier alpha value is -1.06. The van der Waals surface area contributed by atoms with E-state index < -0.39 is 0 Å². The lowest BCUT2D eigenvalue weighted by Crippen LogP contribution is -2.52. The SMILES string of the molecule is CC(C)c1ccccc1N1CCN(C)CC1CCO. The topological polar surface area (TPSA) is 26.7 Å². The highest BCUT2D eigenvalue weighted by atomic mass is 16.3. The quantitative estimate of drug-likeness (QED) is 0.902. The summed E-state index contributed by atoms with van der Waals surface area (Å²) in [5.74, 6) is 0.533. The Balaban J connectivity index is 2.28. The van der Waals surface area contributed by atoms with Crippen molar-refractivity contribution >= 4 is 5.69 Å². The Kier molecular flexibility index (Phi) is 4.83. The third-order valence-electron chi connectivity index (χ3n) is 4.02. The number of piperazine rings is 1. The predicted molar refractivity (Wildman–Crippen MR) is 80.9 cm³/mol. The van der Waals surface area contributed by atoms with Crippen molar-refractivity contribution in [3.63, 3.8) is 0 Å². The van der Waals surface area contributed by atoms with Crippen LogP contribution in [0.3, 0.4) is 0 Å². The monoisotopic (exact) mass is 262 g/mol. The van der Waals surface area contributed by atoms with E-state index in [0.29, 0.717) is 12.0 Å². The van der Waals surface area contributed by atoms with Gasteiger partial charge in [0, 0.05) is 38.0 Å². The fraction of sp³-hybridized carbons (Fsp3) is 0.625. The van der Waals surface area contributed by atoms with Gasteiger partial charge in [-0.1, -0.05) is 32.0 Å². The molecule has 1 N–H and O–H groups in total. The molecule has 106 valence electrons. The van der Waals surface area contributed by atoms with Gasteiger partial charge >= 0.3 is 0 Å². The summed E-state index contributed by atoms with van der Waals surface area (Å²) >= 11 is 0. The molecule has 3 heteroatoms. The molecule has 1 fully saturated rings. The molecule has 0 radical (unpaired) electrons. The molecule has 2 rings (SSSR count). The molecule has 1 saturated heterocycles. The van der Waals surface area contributed by atoms with E-state index in [1.807, 2.05) is 0 Å². The van der Waals surface area contributed by atoms with E-state index in [-0.39, 0.29) is 6.61 Å². The molecular weight excluding hydrogens is 236 g/mol. The van der Waals surface area contributed by atoms with Gasteiger partial charge in [-0.05, 0) is 31.0 Å². The Morgan fingerprint density at radius 1 is 1.26 bits per heavy atom. The smallest absolute Gasteiger partial charge is 0.0451 e. The number of aliphatic hydroxyl groups excluding tert-OH is 1. The molecule has 0 aromatic heterocycles. The number of hydrogen-bond acceptors (Lipinski definition) is 3. The standard InChI is InChI=1S/C16H26N2O/c1-13(2)15-6-4-5-7-16(15)18-10-9-17(3)12-14(18)8-11-19/h4-7,13-14,19H,8-12H2,1-3H3. The van der Waals surface area contributed by atoms with Gasteiger partial charge in [0.1, 0.15) is 0 Å². The van der Waals surface area contributed by atoms with E-state index in [1.54, 1.807) is 0 Å². The van der Waals surface area contributed by atoms with Crippen LogP contribution < -0.4 is 4.90 Å². The molecule has 1 aromatic carbocycles. The number of aliphatic hydroxyl groups is 1. The highest BCUT2D eigenvalue weighted by molar-refractivity contribution is 5.56. The third-order valence-corrected chi connectivity index (χ3v) is 4.02. The van der Waals surface area contributed by atoms with Crippen LogP contribution in [-0.4, -0.2) is 49.3 Å². The summed E-state index contributed by atoms with van der Waals surface area (Å²) in [6.45, 7) is 7.93. The number of hydrogen-bond donors (Lipinski definition) is 1. The van der Waals surface area contributed by atoms with Crippen LogP contribution in [0.2, 0.25) is 0 Å². The van der Waals surface area contributed by atoms with Gasteiger partial charge in [0.05, 0.1) is 0 Å². The third kappa shape index (κ3) is 3.28. The van der Waals surface area contributed by atoms with Crippen molar-refractivity contribution in [1.82, 2.24) is 4.90 Å². The lowest BCUT2D eigenvalue weighted by molar-refractivity contribution is 0.219. The lowest BCUT2D eigenvalue weighted by atomic mass is 9.98. The Morgan fingerprint density at radius 2 is 2.00 bits per heavy atom.